The number of methoxy groups -OCH3 is 2. The van der Waals surface area contributed by atoms with Gasteiger partial charge in [0.05, 0.1) is 19.8 Å². The number of piperidine rings is 2. The number of ether oxygens (including phenoxy) is 5. The van der Waals surface area contributed by atoms with Crippen molar-refractivity contribution in [1.82, 2.24) is 71.2 Å². The second kappa shape index (κ2) is 75.2. The first-order chi connectivity index (χ1) is 59.3. The molecule has 131 heavy (non-hydrogen) atoms. The molecule has 770 valence electrons. The Morgan fingerprint density at radius 2 is 0.779 bits per heavy atom. The predicted molar refractivity (Wildman–Crippen MR) is 530 cm³/mol. The van der Waals surface area contributed by atoms with Crippen LogP contribution in [0.1, 0.15) is 298 Å². The van der Waals surface area contributed by atoms with Crippen LogP contribution >= 0.6 is 0 Å². The summed E-state index contributed by atoms with van der Waals surface area (Å²) in [6.45, 7) is 64.8. The van der Waals surface area contributed by atoms with Gasteiger partial charge in [-0.2, -0.15) is 0 Å². The Morgan fingerprint density at radius 3 is 1.14 bits per heavy atom. The van der Waals surface area contributed by atoms with Gasteiger partial charge in [-0.25, -0.2) is 14.4 Å². The SMILES string of the molecule is C.C.C.CC(C)C(=O)N1CCCCC1.CC(C)C(=O)N1CCN(C(=O)OC(C)(C)C)CC1.CC(C)C(=O)NC1CCCCC1.CC(C)C(=O)NC1CCN(C(=O)OC(C)(C)C)CC1.CC(C)C(=O)NCCCN.CC(C)C(=O)NCCCNC(=O)OC(C)(C)C.CC(C)C(=O)NCCN(C)C.COCCN(CCOC)C(=O)C(C)C.Cc1ccc(O)c(CN(C)C(=O)C(C)C)n1. The van der Waals surface area contributed by atoms with Crippen LogP contribution in [-0.2, 0) is 73.4 Å². The van der Waals surface area contributed by atoms with Crippen LogP contribution in [0.3, 0.4) is 0 Å². The number of carbonyl (C=O) groups excluding carboxylic acids is 12. The molecule has 3 aliphatic heterocycles. The van der Waals surface area contributed by atoms with Gasteiger partial charge in [-0.1, -0.05) is 166 Å². The fourth-order valence-corrected chi connectivity index (χ4v) is 11.5. The lowest BCUT2D eigenvalue weighted by Crippen LogP contribution is -2.52. The van der Waals surface area contributed by atoms with E-state index in [4.69, 9.17) is 29.4 Å². The predicted octanol–water partition coefficient (Wildman–Crippen LogP) is 14.1. The first kappa shape index (κ1) is 136. The highest BCUT2D eigenvalue weighted by atomic mass is 16.6. The summed E-state index contributed by atoms with van der Waals surface area (Å²) in [5, 5.41) is 26.7. The van der Waals surface area contributed by atoms with Crippen LogP contribution in [0, 0.1) is 60.2 Å². The van der Waals surface area contributed by atoms with E-state index in [1.165, 1.54) is 51.4 Å². The Bertz CT molecular complexity index is 3240. The number of aromatic hydroxyl groups is 1. The van der Waals surface area contributed by atoms with Gasteiger partial charge in [0, 0.05) is 190 Å². The number of piperazine rings is 1. The number of nitrogens with zero attached hydrogens (tertiary/aromatic N) is 8. The van der Waals surface area contributed by atoms with Gasteiger partial charge >= 0.3 is 18.3 Å². The van der Waals surface area contributed by atoms with Crippen molar-refractivity contribution in [2.75, 3.05) is 153 Å². The van der Waals surface area contributed by atoms with E-state index in [2.05, 4.69) is 36.9 Å². The molecule has 3 saturated heterocycles. The molecule has 0 radical (unpaired) electrons. The lowest BCUT2D eigenvalue weighted by Gasteiger charge is -2.36. The highest BCUT2D eigenvalue weighted by Gasteiger charge is 2.31. The minimum atomic E-state index is -0.476. The molecule has 0 unspecified atom stereocenters. The van der Waals surface area contributed by atoms with E-state index in [0.29, 0.717) is 122 Å². The average Bonchev–Trinajstić information content (AvgIpc) is 0.866. The van der Waals surface area contributed by atoms with Gasteiger partial charge in [0.15, 0.2) is 0 Å². The lowest BCUT2D eigenvalue weighted by atomic mass is 9.95. The van der Waals surface area contributed by atoms with Crippen molar-refractivity contribution in [1.29, 1.82) is 0 Å². The third-order valence-electron chi connectivity index (χ3n) is 19.1. The highest BCUT2D eigenvalue weighted by Crippen LogP contribution is 2.21. The molecule has 1 aromatic heterocycles. The lowest BCUT2D eigenvalue weighted by molar-refractivity contribution is -0.136. The molecule has 1 aromatic rings. The number of rotatable bonds is 29. The fraction of sp³-hybridized carbons (Fsp3) is 0.827. The molecule has 5 rings (SSSR count). The maximum Gasteiger partial charge on any atom is 0.410 e. The van der Waals surface area contributed by atoms with Gasteiger partial charge in [0.2, 0.25) is 53.2 Å². The van der Waals surface area contributed by atoms with Crippen molar-refractivity contribution < 1.29 is 86.3 Å². The summed E-state index contributed by atoms with van der Waals surface area (Å²) in [6.07, 6.45) is 12.1. The van der Waals surface area contributed by atoms with E-state index in [0.717, 1.165) is 51.1 Å². The van der Waals surface area contributed by atoms with E-state index in [1.807, 2.05) is 223 Å². The molecule has 4 fully saturated rings. The van der Waals surface area contributed by atoms with Crippen LogP contribution in [-0.4, -0.2) is 298 Å². The zero-order valence-electron chi connectivity index (χ0n) is 86.0. The third-order valence-corrected chi connectivity index (χ3v) is 19.1. The Kier molecular flexibility index (Phi) is 78.0. The fourth-order valence-electron chi connectivity index (χ4n) is 11.5. The van der Waals surface area contributed by atoms with Crippen molar-refractivity contribution in [2.45, 2.75) is 329 Å². The van der Waals surface area contributed by atoms with Crippen molar-refractivity contribution >= 4 is 71.4 Å². The van der Waals surface area contributed by atoms with E-state index in [-0.39, 0.29) is 147 Å². The number of hydrogen-bond acceptors (Lipinski definition) is 21. The van der Waals surface area contributed by atoms with E-state index < -0.39 is 22.9 Å². The molecular formula is C98H195N15O18. The molecular weight excluding hydrogens is 1680 g/mol. The van der Waals surface area contributed by atoms with Crippen molar-refractivity contribution in [3.63, 3.8) is 0 Å². The standard InChI is InChI=1S/C14H26N2O3.C13H24N2O3.C12H24N2O3.C12H18N2O2.C10H21NO3.C10H19NO.C9H17NO.C8H18N2O.C7H16N2O.3CH4/c1-10(2)12(17)15-11-6-8-16(9-7-11)13(18)19-14(3,4)5;1-10(2)11(16)14-6-8-15(9-7-14)12(17)18-13(3,4)5;1-9(2)10(15)13-7-6-8-14-11(16)17-12(3,4)5;1-8(2)12(16)14(4)7-10-11(15)6-5-9(3)13-10;1-9(2)10(12)11(5-7-13-3)6-8-14-4;1-8(2)10(12)11-9-6-4-3-5-7-9;1-8(2)9(11)10-6-4-3-5-7-10;1-7(2)8(11)9-5-6-10(3)4;1-6(2)7(10)9-5-3-4-8;;;/h10-11H,6-9H2,1-5H3,(H,15,17);10H,6-9H2,1-5H3;9H,6-8H2,1-5H3,(H,13,15)(H,14,16);5-6,8,15H,7H2,1-4H3;9H,5-8H2,1-4H3;8-9H,3-7H2,1-2H3,(H,11,12);8H,3-7H2,1-2H3;7H,5-6H2,1-4H3,(H,9,11);6H,3-5,8H2,1-2H3,(H,9,10);3*1H4. The summed E-state index contributed by atoms with van der Waals surface area (Å²) < 4.78 is 25.6. The Morgan fingerprint density at radius 1 is 0.427 bits per heavy atom. The van der Waals surface area contributed by atoms with Crippen molar-refractivity contribution in [2.24, 2.45) is 59.0 Å². The molecule has 12 amide bonds. The monoisotopic (exact) mass is 1870 g/mol. The zero-order chi connectivity index (χ0) is 99.4. The highest BCUT2D eigenvalue weighted by molar-refractivity contribution is 5.82. The molecule has 4 heterocycles. The second-order valence-corrected chi connectivity index (χ2v) is 38.7. The van der Waals surface area contributed by atoms with Crippen LogP contribution < -0.4 is 37.6 Å². The summed E-state index contributed by atoms with van der Waals surface area (Å²) in [7, 11) is 8.96. The summed E-state index contributed by atoms with van der Waals surface area (Å²) in [4.78, 5) is 154. The molecule has 33 nitrogen and oxygen atoms in total. The summed E-state index contributed by atoms with van der Waals surface area (Å²) in [5.41, 5.74) is 5.20. The van der Waals surface area contributed by atoms with Gasteiger partial charge in [-0.3, -0.25) is 48.1 Å². The van der Waals surface area contributed by atoms with Gasteiger partial charge in [0.25, 0.3) is 0 Å². The minimum absolute atomic E-state index is 0. The van der Waals surface area contributed by atoms with Crippen LogP contribution in [0.25, 0.3) is 0 Å². The summed E-state index contributed by atoms with van der Waals surface area (Å²) in [6, 6.07) is 3.98. The van der Waals surface area contributed by atoms with Gasteiger partial charge in [0.1, 0.15) is 28.2 Å². The third kappa shape index (κ3) is 73.0. The van der Waals surface area contributed by atoms with E-state index in [1.54, 1.807) is 53.0 Å². The number of nitrogens with one attached hydrogen (secondary N) is 6. The summed E-state index contributed by atoms with van der Waals surface area (Å²) in [5.74, 6) is 1.84. The van der Waals surface area contributed by atoms with Gasteiger partial charge < -0.3 is 101 Å². The number of carbonyl (C=O) groups is 12. The molecule has 0 spiro atoms. The zero-order valence-corrected chi connectivity index (χ0v) is 86.0. The van der Waals surface area contributed by atoms with Gasteiger partial charge in [-0.05, 0) is 160 Å². The number of likely N-dealkylation sites (tertiary alicyclic amines) is 2. The Balaban J connectivity index is -0.000000265. The number of nitrogens with two attached hydrogens (primary N) is 1. The second-order valence-electron chi connectivity index (χ2n) is 38.7. The molecule has 9 N–H and O–H groups in total. The molecule has 0 bridgehead atoms. The molecule has 4 aliphatic rings. The maximum absolute atomic E-state index is 11.9. The van der Waals surface area contributed by atoms with E-state index >= 15 is 0 Å². The summed E-state index contributed by atoms with van der Waals surface area (Å²) >= 11 is 0. The smallest absolute Gasteiger partial charge is 0.410 e. The number of hydrogen-bond donors (Lipinski definition) is 8. The first-order valence-corrected chi connectivity index (χ1v) is 46.8. The van der Waals surface area contributed by atoms with E-state index in [9.17, 15) is 62.6 Å². The number of pyridine rings is 1. The molecule has 1 saturated carbocycles. The normalized spacial score (nSPS) is 13.8. The molecule has 0 aromatic carbocycles. The van der Waals surface area contributed by atoms with Crippen LogP contribution in [0.5, 0.6) is 5.75 Å². The topological polar surface area (TPSA) is 405 Å². The first-order valence-electron chi connectivity index (χ1n) is 46.8. The average molecular weight is 1870 g/mol. The van der Waals surface area contributed by atoms with Crippen LogP contribution in [0.4, 0.5) is 14.4 Å². The largest absolute Gasteiger partial charge is 0.506 e. The number of likely N-dealkylation sites (N-methyl/N-ethyl adjacent to an activating group) is 1. The van der Waals surface area contributed by atoms with Crippen LogP contribution in [0.15, 0.2) is 12.1 Å². The molecule has 33 heteroatoms. The Labute approximate surface area is 795 Å². The minimum Gasteiger partial charge on any atom is -0.506 e. The number of alkyl carbamates (subject to hydrolysis) is 1. The van der Waals surface area contributed by atoms with Crippen LogP contribution in [0.2, 0.25) is 0 Å². The maximum atomic E-state index is 11.9. The van der Waals surface area contributed by atoms with Gasteiger partial charge in [-0.15, -0.1) is 0 Å². The number of aromatic nitrogens is 1. The number of aryl methyl sites for hydroxylation is 1. The van der Waals surface area contributed by atoms with Crippen molar-refractivity contribution in [3.05, 3.63) is 23.5 Å². The Hall–Kier alpha value is -8.17. The molecule has 1 aliphatic carbocycles. The number of amides is 12. The quantitative estimate of drug-likeness (QED) is 0.0273. The van der Waals surface area contributed by atoms with Crippen molar-refractivity contribution in [3.8, 4) is 5.75 Å². The molecule has 0 atom stereocenters.